The zero-order chi connectivity index (χ0) is 12.3. The molecule has 0 aliphatic heterocycles. The zero-order valence-electron chi connectivity index (χ0n) is 9.73. The summed E-state index contributed by atoms with van der Waals surface area (Å²) < 4.78 is 13.0. The van der Waals surface area contributed by atoms with Crippen molar-refractivity contribution in [3.05, 3.63) is 35.6 Å². The van der Waals surface area contributed by atoms with Gasteiger partial charge in [0.1, 0.15) is 5.82 Å². The first-order chi connectivity index (χ1) is 8.20. The maximum Gasteiger partial charge on any atom is 0.236 e. The van der Waals surface area contributed by atoms with Gasteiger partial charge in [0.25, 0.3) is 0 Å². The summed E-state index contributed by atoms with van der Waals surface area (Å²) in [5, 5.41) is 0. The van der Waals surface area contributed by atoms with Crippen LogP contribution < -0.4 is 5.73 Å². The highest BCUT2D eigenvalue weighted by molar-refractivity contribution is 5.78. The summed E-state index contributed by atoms with van der Waals surface area (Å²) in [5.74, 6) is -0.241. The van der Waals surface area contributed by atoms with Crippen LogP contribution in [0.15, 0.2) is 24.3 Å². The van der Waals surface area contributed by atoms with Crippen molar-refractivity contribution in [3.63, 3.8) is 0 Å². The highest BCUT2D eigenvalue weighted by atomic mass is 19.1. The molecule has 4 heteroatoms. The summed E-state index contributed by atoms with van der Waals surface area (Å²) in [5.41, 5.74) is 6.30. The summed E-state index contributed by atoms with van der Waals surface area (Å²) in [4.78, 5) is 13.4. The Bertz CT molecular complexity index is 404. The summed E-state index contributed by atoms with van der Waals surface area (Å²) in [7, 11) is 0. The summed E-state index contributed by atoms with van der Waals surface area (Å²) in [6, 6.07) is 6.86. The van der Waals surface area contributed by atoms with Gasteiger partial charge < -0.3 is 10.6 Å². The van der Waals surface area contributed by atoms with E-state index in [4.69, 9.17) is 5.73 Å². The first kappa shape index (κ1) is 12.0. The molecule has 0 unspecified atom stereocenters. The van der Waals surface area contributed by atoms with E-state index in [1.165, 1.54) is 12.1 Å². The number of rotatable bonds is 5. The molecule has 0 heterocycles. The Balaban J connectivity index is 1.93. The quantitative estimate of drug-likeness (QED) is 0.838. The second-order valence-corrected chi connectivity index (χ2v) is 4.40. The normalized spacial score (nSPS) is 14.7. The second-order valence-electron chi connectivity index (χ2n) is 4.40. The maximum absolute atomic E-state index is 13.0. The highest BCUT2D eigenvalue weighted by Crippen LogP contribution is 2.26. The number of benzene rings is 1. The van der Waals surface area contributed by atoms with E-state index in [0.29, 0.717) is 19.0 Å². The van der Waals surface area contributed by atoms with Crippen LogP contribution >= 0.6 is 0 Å². The Morgan fingerprint density at radius 1 is 1.47 bits per heavy atom. The molecule has 0 atom stereocenters. The third kappa shape index (κ3) is 3.27. The Kier molecular flexibility index (Phi) is 3.74. The van der Waals surface area contributed by atoms with Crippen LogP contribution in [-0.2, 0) is 11.2 Å². The van der Waals surface area contributed by atoms with Gasteiger partial charge in [-0.05, 0) is 37.0 Å². The van der Waals surface area contributed by atoms with Gasteiger partial charge in [0, 0.05) is 12.6 Å². The van der Waals surface area contributed by atoms with E-state index >= 15 is 0 Å². The van der Waals surface area contributed by atoms with Crippen molar-refractivity contribution >= 4 is 5.91 Å². The molecule has 3 nitrogen and oxygen atoms in total. The van der Waals surface area contributed by atoms with Crippen molar-refractivity contribution in [2.45, 2.75) is 25.3 Å². The number of nitrogens with zero attached hydrogens (tertiary/aromatic N) is 1. The lowest BCUT2D eigenvalue weighted by molar-refractivity contribution is -0.130. The summed E-state index contributed by atoms with van der Waals surface area (Å²) >= 11 is 0. The van der Waals surface area contributed by atoms with Crippen LogP contribution in [0.25, 0.3) is 0 Å². The van der Waals surface area contributed by atoms with E-state index in [-0.39, 0.29) is 18.3 Å². The second kappa shape index (κ2) is 5.27. The van der Waals surface area contributed by atoms with Crippen molar-refractivity contribution in [3.8, 4) is 0 Å². The molecule has 1 fully saturated rings. The van der Waals surface area contributed by atoms with Crippen LogP contribution in [0.2, 0.25) is 0 Å². The smallest absolute Gasteiger partial charge is 0.236 e. The van der Waals surface area contributed by atoms with Crippen molar-refractivity contribution < 1.29 is 9.18 Å². The third-order valence-electron chi connectivity index (χ3n) is 3.01. The van der Waals surface area contributed by atoms with Crippen molar-refractivity contribution in [2.75, 3.05) is 13.1 Å². The van der Waals surface area contributed by atoms with E-state index in [2.05, 4.69) is 0 Å². The van der Waals surface area contributed by atoms with Crippen LogP contribution in [0.5, 0.6) is 0 Å². The average Bonchev–Trinajstić information content (AvgIpc) is 3.13. The predicted octanol–water partition coefficient (Wildman–Crippen LogP) is 1.32. The maximum atomic E-state index is 13.0. The monoisotopic (exact) mass is 236 g/mol. The van der Waals surface area contributed by atoms with Crippen LogP contribution in [0.1, 0.15) is 18.4 Å². The van der Waals surface area contributed by atoms with E-state index in [0.717, 1.165) is 18.4 Å². The zero-order valence-corrected chi connectivity index (χ0v) is 9.73. The number of hydrogen-bond acceptors (Lipinski definition) is 2. The molecule has 17 heavy (non-hydrogen) atoms. The molecule has 0 radical (unpaired) electrons. The van der Waals surface area contributed by atoms with Crippen molar-refractivity contribution in [1.82, 2.24) is 4.90 Å². The first-order valence-corrected chi connectivity index (χ1v) is 5.94. The van der Waals surface area contributed by atoms with Gasteiger partial charge in [-0.3, -0.25) is 4.79 Å². The Hall–Kier alpha value is -1.42. The predicted molar refractivity (Wildman–Crippen MR) is 63.9 cm³/mol. The molecule has 0 saturated heterocycles. The van der Waals surface area contributed by atoms with E-state index in [1.54, 1.807) is 6.07 Å². The van der Waals surface area contributed by atoms with Gasteiger partial charge in [0.05, 0.1) is 6.54 Å². The summed E-state index contributed by atoms with van der Waals surface area (Å²) in [6.45, 7) is 0.684. The highest BCUT2D eigenvalue weighted by Gasteiger charge is 2.31. The lowest BCUT2D eigenvalue weighted by atomic mass is 10.1. The molecule has 1 aromatic rings. The van der Waals surface area contributed by atoms with Gasteiger partial charge in [0.15, 0.2) is 0 Å². The van der Waals surface area contributed by atoms with Crippen LogP contribution in [-0.4, -0.2) is 29.9 Å². The molecular weight excluding hydrogens is 219 g/mol. The lowest BCUT2D eigenvalue weighted by Crippen LogP contribution is -2.39. The number of carbonyl (C=O) groups is 1. The molecule has 0 bridgehead atoms. The largest absolute Gasteiger partial charge is 0.338 e. The third-order valence-corrected chi connectivity index (χ3v) is 3.01. The number of hydrogen-bond donors (Lipinski definition) is 1. The van der Waals surface area contributed by atoms with Gasteiger partial charge >= 0.3 is 0 Å². The number of halogens is 1. The molecule has 1 amide bonds. The van der Waals surface area contributed by atoms with Gasteiger partial charge in [-0.15, -0.1) is 0 Å². The van der Waals surface area contributed by atoms with Gasteiger partial charge in [-0.2, -0.15) is 0 Å². The van der Waals surface area contributed by atoms with Gasteiger partial charge in [-0.25, -0.2) is 4.39 Å². The van der Waals surface area contributed by atoms with Crippen molar-refractivity contribution in [2.24, 2.45) is 5.73 Å². The SMILES string of the molecule is NCC(=O)N(CCc1cccc(F)c1)C1CC1. The molecule has 1 aromatic carbocycles. The topological polar surface area (TPSA) is 46.3 Å². The lowest BCUT2D eigenvalue weighted by Gasteiger charge is -2.21. The first-order valence-electron chi connectivity index (χ1n) is 5.94. The molecule has 0 spiro atoms. The fraction of sp³-hybridized carbons (Fsp3) is 0.462. The molecule has 1 saturated carbocycles. The molecule has 2 rings (SSSR count). The average molecular weight is 236 g/mol. The van der Waals surface area contributed by atoms with Crippen LogP contribution in [0.3, 0.4) is 0 Å². The minimum atomic E-state index is -0.231. The van der Waals surface area contributed by atoms with Crippen LogP contribution in [0, 0.1) is 5.82 Å². The summed E-state index contributed by atoms with van der Waals surface area (Å²) in [6.07, 6.45) is 2.81. The minimum Gasteiger partial charge on any atom is -0.338 e. The molecule has 1 aliphatic carbocycles. The number of carbonyl (C=O) groups excluding carboxylic acids is 1. The van der Waals surface area contributed by atoms with Gasteiger partial charge in [-0.1, -0.05) is 12.1 Å². The molecule has 0 aromatic heterocycles. The standard InChI is InChI=1S/C13H17FN2O/c14-11-3-1-2-10(8-11)6-7-16(12-4-5-12)13(17)9-15/h1-3,8,12H,4-7,9,15H2. The van der Waals surface area contributed by atoms with Crippen molar-refractivity contribution in [1.29, 1.82) is 0 Å². The molecule has 92 valence electrons. The fourth-order valence-corrected chi connectivity index (χ4v) is 1.96. The minimum absolute atomic E-state index is 0.0103. The fourth-order valence-electron chi connectivity index (χ4n) is 1.96. The van der Waals surface area contributed by atoms with E-state index in [1.807, 2.05) is 11.0 Å². The number of nitrogens with two attached hydrogens (primary N) is 1. The molecule has 1 aliphatic rings. The van der Waals surface area contributed by atoms with E-state index in [9.17, 15) is 9.18 Å². The Labute approximate surface area is 100 Å². The Morgan fingerprint density at radius 3 is 2.82 bits per heavy atom. The number of amides is 1. The van der Waals surface area contributed by atoms with Gasteiger partial charge in [0.2, 0.25) is 5.91 Å². The van der Waals surface area contributed by atoms with E-state index < -0.39 is 0 Å². The molecule has 2 N–H and O–H groups in total. The van der Waals surface area contributed by atoms with Crippen LogP contribution in [0.4, 0.5) is 4.39 Å². The molecular formula is C13H17FN2O. The Morgan fingerprint density at radius 2 is 2.24 bits per heavy atom.